The molecule has 4 heteroatoms. The summed E-state index contributed by atoms with van der Waals surface area (Å²) in [4.78, 5) is 12.3. The third-order valence-corrected chi connectivity index (χ3v) is 4.55. The smallest absolute Gasteiger partial charge is 0.251 e. The van der Waals surface area contributed by atoms with E-state index in [-0.39, 0.29) is 12.5 Å². The molecule has 1 aliphatic carbocycles. The Morgan fingerprint density at radius 2 is 1.90 bits per heavy atom. The van der Waals surface area contributed by atoms with Crippen molar-refractivity contribution in [3.05, 3.63) is 46.4 Å². The van der Waals surface area contributed by atoms with Crippen molar-refractivity contribution in [3.63, 3.8) is 0 Å². The van der Waals surface area contributed by atoms with Gasteiger partial charge in [0, 0.05) is 10.0 Å². The number of aliphatic hydroxyl groups excluding tert-OH is 1. The normalized spacial score (nSPS) is 16.7. The molecule has 0 radical (unpaired) electrons. The Hall–Kier alpha value is -1.39. The number of hydrogen-bond donors (Lipinski definition) is 2. The fraction of sp³-hybridized carbons (Fsp3) is 0.312. The second-order valence-electron chi connectivity index (χ2n) is 5.45. The van der Waals surface area contributed by atoms with Gasteiger partial charge >= 0.3 is 0 Å². The molecule has 0 saturated heterocycles. The molecule has 1 aliphatic rings. The summed E-state index contributed by atoms with van der Waals surface area (Å²) >= 11 is 3.44. The van der Waals surface area contributed by atoms with Crippen LogP contribution in [0.15, 0.2) is 40.9 Å². The van der Waals surface area contributed by atoms with Gasteiger partial charge in [-0.1, -0.05) is 28.1 Å². The zero-order chi connectivity index (χ0) is 14.2. The van der Waals surface area contributed by atoms with Gasteiger partial charge in [-0.05, 0) is 54.3 Å². The Balaban J connectivity index is 1.86. The van der Waals surface area contributed by atoms with E-state index in [1.54, 1.807) is 0 Å². The van der Waals surface area contributed by atoms with Crippen molar-refractivity contribution in [1.29, 1.82) is 0 Å². The first-order chi connectivity index (χ1) is 9.62. The van der Waals surface area contributed by atoms with Crippen molar-refractivity contribution < 1.29 is 9.90 Å². The third-order valence-electron chi connectivity index (χ3n) is 4.06. The zero-order valence-electron chi connectivity index (χ0n) is 11.0. The molecule has 0 heterocycles. The summed E-state index contributed by atoms with van der Waals surface area (Å²) in [7, 11) is 0. The van der Waals surface area contributed by atoms with Crippen LogP contribution in [0.1, 0.15) is 29.6 Å². The van der Waals surface area contributed by atoms with E-state index >= 15 is 0 Å². The summed E-state index contributed by atoms with van der Waals surface area (Å²) in [5, 5.41) is 14.5. The van der Waals surface area contributed by atoms with Gasteiger partial charge in [0.25, 0.3) is 5.91 Å². The van der Waals surface area contributed by atoms with Crippen LogP contribution in [0.4, 0.5) is 0 Å². The molecule has 2 aromatic carbocycles. The predicted octanol–water partition coefficient (Wildman–Crippen LogP) is 3.25. The minimum Gasteiger partial charge on any atom is -0.394 e. The van der Waals surface area contributed by atoms with Crippen molar-refractivity contribution >= 4 is 32.6 Å². The number of hydrogen-bond acceptors (Lipinski definition) is 2. The van der Waals surface area contributed by atoms with Crippen molar-refractivity contribution in [3.8, 4) is 0 Å². The molecule has 3 rings (SSSR count). The highest BCUT2D eigenvalue weighted by molar-refractivity contribution is 9.10. The first-order valence-electron chi connectivity index (χ1n) is 6.75. The topological polar surface area (TPSA) is 49.3 Å². The summed E-state index contributed by atoms with van der Waals surface area (Å²) in [6, 6.07) is 11.6. The van der Waals surface area contributed by atoms with Crippen LogP contribution in [0.3, 0.4) is 0 Å². The fourth-order valence-corrected chi connectivity index (χ4v) is 2.98. The van der Waals surface area contributed by atoms with Gasteiger partial charge in [0.05, 0.1) is 12.1 Å². The highest BCUT2D eigenvalue weighted by Gasteiger charge is 2.37. The molecular weight excluding hydrogens is 318 g/mol. The summed E-state index contributed by atoms with van der Waals surface area (Å²) in [5.41, 5.74) is 0.241. The molecule has 0 spiro atoms. The van der Waals surface area contributed by atoms with Gasteiger partial charge in [-0.3, -0.25) is 4.79 Å². The number of amides is 1. The second kappa shape index (κ2) is 5.19. The van der Waals surface area contributed by atoms with Crippen molar-refractivity contribution in [1.82, 2.24) is 5.32 Å². The van der Waals surface area contributed by atoms with Gasteiger partial charge in [0.2, 0.25) is 0 Å². The number of fused-ring (bicyclic) bond motifs is 1. The van der Waals surface area contributed by atoms with Crippen LogP contribution < -0.4 is 5.32 Å². The van der Waals surface area contributed by atoms with Crippen LogP contribution >= 0.6 is 15.9 Å². The summed E-state index contributed by atoms with van der Waals surface area (Å²) in [6.45, 7) is 0.0132. The van der Waals surface area contributed by atoms with E-state index in [0.29, 0.717) is 5.56 Å². The number of rotatable bonds is 3. The number of aliphatic hydroxyl groups is 1. The number of carbonyl (C=O) groups excluding carboxylic acids is 1. The van der Waals surface area contributed by atoms with Gasteiger partial charge in [0.15, 0.2) is 0 Å². The number of nitrogens with one attached hydrogen (secondary N) is 1. The molecule has 104 valence electrons. The lowest BCUT2D eigenvalue weighted by Gasteiger charge is -2.40. The maximum Gasteiger partial charge on any atom is 0.251 e. The Labute approximate surface area is 126 Å². The Morgan fingerprint density at radius 1 is 1.20 bits per heavy atom. The Morgan fingerprint density at radius 3 is 2.55 bits per heavy atom. The van der Waals surface area contributed by atoms with E-state index in [2.05, 4.69) is 21.2 Å². The van der Waals surface area contributed by atoms with Crippen molar-refractivity contribution in [2.45, 2.75) is 24.8 Å². The molecule has 0 unspecified atom stereocenters. The first kappa shape index (κ1) is 13.6. The molecular formula is C16H16BrNO2. The molecule has 0 aromatic heterocycles. The van der Waals surface area contributed by atoms with Crippen LogP contribution in [0.5, 0.6) is 0 Å². The lowest BCUT2D eigenvalue weighted by atomic mass is 9.77. The van der Waals surface area contributed by atoms with Crippen molar-refractivity contribution in [2.75, 3.05) is 6.61 Å². The highest BCUT2D eigenvalue weighted by Crippen LogP contribution is 2.31. The summed E-state index contributed by atoms with van der Waals surface area (Å²) < 4.78 is 1.02. The van der Waals surface area contributed by atoms with E-state index in [1.165, 1.54) is 0 Å². The van der Waals surface area contributed by atoms with E-state index in [9.17, 15) is 9.90 Å². The van der Waals surface area contributed by atoms with Crippen LogP contribution in [0.2, 0.25) is 0 Å². The molecule has 0 atom stereocenters. The molecule has 0 bridgehead atoms. The zero-order valence-corrected chi connectivity index (χ0v) is 12.6. The first-order valence-corrected chi connectivity index (χ1v) is 7.54. The molecule has 20 heavy (non-hydrogen) atoms. The minimum atomic E-state index is -0.397. The van der Waals surface area contributed by atoms with Gasteiger partial charge in [-0.25, -0.2) is 0 Å². The fourth-order valence-electron chi connectivity index (χ4n) is 2.60. The van der Waals surface area contributed by atoms with Crippen molar-refractivity contribution in [2.24, 2.45) is 0 Å². The summed E-state index contributed by atoms with van der Waals surface area (Å²) in [6.07, 6.45) is 2.78. The van der Waals surface area contributed by atoms with Crippen LogP contribution in [-0.4, -0.2) is 23.2 Å². The predicted molar refractivity (Wildman–Crippen MR) is 82.8 cm³/mol. The quantitative estimate of drug-likeness (QED) is 0.905. The van der Waals surface area contributed by atoms with Gasteiger partial charge in [-0.15, -0.1) is 0 Å². The van der Waals surface area contributed by atoms with Crippen LogP contribution in [-0.2, 0) is 0 Å². The molecule has 1 saturated carbocycles. The van der Waals surface area contributed by atoms with Gasteiger partial charge in [0.1, 0.15) is 0 Å². The number of benzene rings is 2. The minimum absolute atomic E-state index is 0.0132. The Bertz CT molecular complexity index is 659. The molecule has 2 N–H and O–H groups in total. The van der Waals surface area contributed by atoms with Crippen LogP contribution in [0, 0.1) is 0 Å². The standard InChI is InChI=1S/C16H16BrNO2/c17-14-5-4-11-8-13(3-2-12(11)9-14)15(20)18-16(10-19)6-1-7-16/h2-5,8-9,19H,1,6-7,10H2,(H,18,20). The molecule has 2 aromatic rings. The lowest BCUT2D eigenvalue weighted by Crippen LogP contribution is -2.56. The number of carbonyl (C=O) groups is 1. The number of halogens is 1. The third kappa shape index (κ3) is 2.45. The highest BCUT2D eigenvalue weighted by atomic mass is 79.9. The average Bonchev–Trinajstić information content (AvgIpc) is 2.42. The van der Waals surface area contributed by atoms with Crippen LogP contribution in [0.25, 0.3) is 10.8 Å². The molecule has 1 fully saturated rings. The average molecular weight is 334 g/mol. The molecule has 1 amide bonds. The van der Waals surface area contributed by atoms with E-state index in [4.69, 9.17) is 0 Å². The van der Waals surface area contributed by atoms with E-state index < -0.39 is 5.54 Å². The second-order valence-corrected chi connectivity index (χ2v) is 6.37. The largest absolute Gasteiger partial charge is 0.394 e. The maximum absolute atomic E-state index is 12.3. The van der Waals surface area contributed by atoms with E-state index in [1.807, 2.05) is 36.4 Å². The van der Waals surface area contributed by atoms with Gasteiger partial charge in [-0.2, -0.15) is 0 Å². The SMILES string of the molecule is O=C(NC1(CO)CCC1)c1ccc2cc(Br)ccc2c1. The summed E-state index contributed by atoms with van der Waals surface area (Å²) in [5.74, 6) is -0.108. The van der Waals surface area contributed by atoms with E-state index in [0.717, 1.165) is 34.5 Å². The molecule has 3 nitrogen and oxygen atoms in total. The maximum atomic E-state index is 12.3. The van der Waals surface area contributed by atoms with Gasteiger partial charge < -0.3 is 10.4 Å². The monoisotopic (exact) mass is 333 g/mol. The molecule has 0 aliphatic heterocycles. The lowest BCUT2D eigenvalue weighted by molar-refractivity contribution is 0.0642. The Kier molecular flexibility index (Phi) is 3.52.